The van der Waals surface area contributed by atoms with Crippen molar-refractivity contribution >= 4 is 27.3 Å². The average molecular weight is 371 g/mol. The molecule has 2 aromatic carbocycles. The van der Waals surface area contributed by atoms with Crippen LogP contribution in [0.3, 0.4) is 0 Å². The third-order valence-electron chi connectivity index (χ3n) is 3.53. The molecule has 3 aromatic rings. The summed E-state index contributed by atoms with van der Waals surface area (Å²) in [7, 11) is -3.73. The zero-order valence-electron chi connectivity index (χ0n) is 14.2. The summed E-state index contributed by atoms with van der Waals surface area (Å²) in [6, 6.07) is 12.7. The van der Waals surface area contributed by atoms with Crippen molar-refractivity contribution in [2.45, 2.75) is 18.7 Å². The Bertz CT molecular complexity index is 1020. The van der Waals surface area contributed by atoms with Gasteiger partial charge in [0.25, 0.3) is 10.0 Å². The van der Waals surface area contributed by atoms with Gasteiger partial charge in [0.05, 0.1) is 11.1 Å². The number of aromatic nitrogens is 1. The van der Waals surface area contributed by atoms with Crippen molar-refractivity contribution in [2.75, 3.05) is 10.0 Å². The lowest BCUT2D eigenvalue weighted by Gasteiger charge is -2.09. The summed E-state index contributed by atoms with van der Waals surface area (Å²) in [5, 5.41) is 2.62. The molecular formula is C18H17N3O4S. The Hall–Kier alpha value is -3.13. The Balaban J connectivity index is 1.76. The highest BCUT2D eigenvalue weighted by molar-refractivity contribution is 7.92. The van der Waals surface area contributed by atoms with Gasteiger partial charge >= 0.3 is 0 Å². The molecule has 7 nitrogen and oxygen atoms in total. The van der Waals surface area contributed by atoms with Gasteiger partial charge < -0.3 is 9.73 Å². The largest absolute Gasteiger partial charge is 0.441 e. The first-order valence-corrected chi connectivity index (χ1v) is 9.25. The Kier molecular flexibility index (Phi) is 4.77. The Labute approximate surface area is 151 Å². The van der Waals surface area contributed by atoms with Gasteiger partial charge in [-0.25, -0.2) is 13.4 Å². The molecule has 0 atom stereocenters. The van der Waals surface area contributed by atoms with Crippen LogP contribution in [-0.2, 0) is 14.8 Å². The highest BCUT2D eigenvalue weighted by atomic mass is 32.2. The van der Waals surface area contributed by atoms with E-state index in [0.29, 0.717) is 23.0 Å². The molecule has 0 bridgehead atoms. The lowest BCUT2D eigenvalue weighted by atomic mass is 10.2. The van der Waals surface area contributed by atoms with Crippen LogP contribution in [0, 0.1) is 6.92 Å². The van der Waals surface area contributed by atoms with Crippen LogP contribution in [0.4, 0.5) is 11.4 Å². The number of sulfonamides is 1. The molecule has 1 amide bonds. The molecule has 2 N–H and O–H groups in total. The van der Waals surface area contributed by atoms with Crippen molar-refractivity contribution in [1.82, 2.24) is 4.98 Å². The molecule has 0 aliphatic heterocycles. The first-order valence-electron chi connectivity index (χ1n) is 7.77. The van der Waals surface area contributed by atoms with Gasteiger partial charge in [-0.05, 0) is 48.5 Å². The Morgan fingerprint density at radius 2 is 1.62 bits per heavy atom. The van der Waals surface area contributed by atoms with Gasteiger partial charge in [-0.3, -0.25) is 9.52 Å². The molecule has 0 aliphatic carbocycles. The molecule has 134 valence electrons. The number of oxazole rings is 1. The number of hydrogen-bond donors (Lipinski definition) is 2. The van der Waals surface area contributed by atoms with E-state index in [9.17, 15) is 13.2 Å². The van der Waals surface area contributed by atoms with Gasteiger partial charge in [0.2, 0.25) is 5.91 Å². The minimum Gasteiger partial charge on any atom is -0.441 e. The minimum absolute atomic E-state index is 0.128. The first-order chi connectivity index (χ1) is 12.3. The molecule has 0 fully saturated rings. The van der Waals surface area contributed by atoms with Gasteiger partial charge in [-0.2, -0.15) is 0 Å². The number of benzene rings is 2. The van der Waals surface area contributed by atoms with E-state index in [0.717, 1.165) is 5.56 Å². The van der Waals surface area contributed by atoms with Crippen LogP contribution in [0.2, 0.25) is 0 Å². The van der Waals surface area contributed by atoms with Crippen LogP contribution in [-0.4, -0.2) is 19.3 Å². The second kappa shape index (κ2) is 7.01. The van der Waals surface area contributed by atoms with Crippen molar-refractivity contribution in [3.63, 3.8) is 0 Å². The van der Waals surface area contributed by atoms with E-state index < -0.39 is 10.0 Å². The summed E-state index contributed by atoms with van der Waals surface area (Å²) in [5.74, 6) is 0.925. The van der Waals surface area contributed by atoms with Crippen molar-refractivity contribution in [2.24, 2.45) is 0 Å². The van der Waals surface area contributed by atoms with Crippen molar-refractivity contribution in [3.05, 3.63) is 60.6 Å². The topological polar surface area (TPSA) is 101 Å². The predicted molar refractivity (Wildman–Crippen MR) is 98.2 cm³/mol. The molecule has 0 spiro atoms. The summed E-state index contributed by atoms with van der Waals surface area (Å²) in [6.07, 6.45) is 1.59. The molecule has 26 heavy (non-hydrogen) atoms. The second-order valence-electron chi connectivity index (χ2n) is 5.63. The fraction of sp³-hybridized carbons (Fsp3) is 0.111. The van der Waals surface area contributed by atoms with E-state index >= 15 is 0 Å². The average Bonchev–Trinajstić information content (AvgIpc) is 3.03. The molecule has 0 saturated heterocycles. The number of rotatable bonds is 5. The number of carbonyl (C=O) groups excluding carboxylic acids is 1. The lowest BCUT2D eigenvalue weighted by Crippen LogP contribution is -2.13. The third kappa shape index (κ3) is 4.09. The van der Waals surface area contributed by atoms with Gasteiger partial charge in [-0.15, -0.1) is 0 Å². The number of carbonyl (C=O) groups is 1. The van der Waals surface area contributed by atoms with Crippen LogP contribution in [0.25, 0.3) is 11.3 Å². The fourth-order valence-electron chi connectivity index (χ4n) is 2.33. The van der Waals surface area contributed by atoms with Crippen LogP contribution in [0.5, 0.6) is 0 Å². The summed E-state index contributed by atoms with van der Waals surface area (Å²) >= 11 is 0. The molecule has 8 heteroatoms. The summed E-state index contributed by atoms with van der Waals surface area (Å²) in [5.41, 5.74) is 1.73. The molecule has 0 radical (unpaired) electrons. The number of hydrogen-bond acceptors (Lipinski definition) is 5. The minimum atomic E-state index is -3.73. The number of nitrogens with zero attached hydrogens (tertiary/aromatic N) is 1. The van der Waals surface area contributed by atoms with E-state index in [1.807, 2.05) is 0 Å². The highest BCUT2D eigenvalue weighted by Gasteiger charge is 2.15. The normalized spacial score (nSPS) is 11.2. The van der Waals surface area contributed by atoms with E-state index in [-0.39, 0.29) is 10.8 Å². The lowest BCUT2D eigenvalue weighted by molar-refractivity contribution is -0.114. The summed E-state index contributed by atoms with van der Waals surface area (Å²) in [4.78, 5) is 15.2. The molecule has 0 aliphatic rings. The maximum atomic E-state index is 12.5. The van der Waals surface area contributed by atoms with Crippen LogP contribution >= 0.6 is 0 Å². The molecule has 3 rings (SSSR count). The van der Waals surface area contributed by atoms with Crippen LogP contribution in [0.1, 0.15) is 12.8 Å². The molecule has 0 unspecified atom stereocenters. The third-order valence-corrected chi connectivity index (χ3v) is 4.93. The van der Waals surface area contributed by atoms with Crippen molar-refractivity contribution < 1.29 is 17.6 Å². The number of anilines is 2. The summed E-state index contributed by atoms with van der Waals surface area (Å²) < 4.78 is 32.9. The van der Waals surface area contributed by atoms with Crippen molar-refractivity contribution in [3.8, 4) is 11.3 Å². The smallest absolute Gasteiger partial charge is 0.261 e. The zero-order valence-corrected chi connectivity index (χ0v) is 15.0. The quantitative estimate of drug-likeness (QED) is 0.716. The first kappa shape index (κ1) is 17.7. The highest BCUT2D eigenvalue weighted by Crippen LogP contribution is 2.23. The number of aryl methyl sites for hydroxylation is 1. The SMILES string of the molecule is CC(=O)Nc1ccc(NS(=O)(=O)c2ccc(-c3cnc(C)o3)cc2)cc1. The molecule has 1 aromatic heterocycles. The zero-order chi connectivity index (χ0) is 18.7. The standard InChI is InChI=1S/C18H17N3O4S/c1-12(22)20-15-5-7-16(8-6-15)21-26(23,24)17-9-3-14(4-10-17)18-11-19-13(2)25-18/h3-11,21H,1-2H3,(H,20,22). The van der Waals surface area contributed by atoms with Gasteiger partial charge in [-0.1, -0.05) is 0 Å². The monoisotopic (exact) mass is 371 g/mol. The second-order valence-corrected chi connectivity index (χ2v) is 7.31. The van der Waals surface area contributed by atoms with Crippen LogP contribution in [0.15, 0.2) is 64.0 Å². The van der Waals surface area contributed by atoms with E-state index in [1.165, 1.54) is 19.1 Å². The fourth-order valence-corrected chi connectivity index (χ4v) is 3.39. The Morgan fingerprint density at radius 3 is 2.15 bits per heavy atom. The predicted octanol–water partition coefficient (Wildman–Crippen LogP) is 3.41. The molecular weight excluding hydrogens is 354 g/mol. The molecule has 1 heterocycles. The van der Waals surface area contributed by atoms with Gasteiger partial charge in [0, 0.05) is 30.8 Å². The summed E-state index contributed by atoms with van der Waals surface area (Å²) in [6.45, 7) is 3.14. The van der Waals surface area contributed by atoms with E-state index in [4.69, 9.17) is 4.42 Å². The van der Waals surface area contributed by atoms with E-state index in [2.05, 4.69) is 15.0 Å². The van der Waals surface area contributed by atoms with E-state index in [1.54, 1.807) is 49.5 Å². The van der Waals surface area contributed by atoms with Crippen molar-refractivity contribution in [1.29, 1.82) is 0 Å². The molecule has 0 saturated carbocycles. The van der Waals surface area contributed by atoms with Gasteiger partial charge in [0.1, 0.15) is 0 Å². The number of amides is 1. The van der Waals surface area contributed by atoms with Crippen LogP contribution < -0.4 is 10.0 Å². The Morgan fingerprint density at radius 1 is 1.00 bits per heavy atom. The number of nitrogens with one attached hydrogen (secondary N) is 2. The van der Waals surface area contributed by atoms with Gasteiger partial charge in [0.15, 0.2) is 11.7 Å². The maximum Gasteiger partial charge on any atom is 0.261 e. The maximum absolute atomic E-state index is 12.5.